The third kappa shape index (κ3) is 2.24. The molecule has 4 rings (SSSR count). The van der Waals surface area contributed by atoms with E-state index in [4.69, 9.17) is 10.7 Å². The third-order valence-corrected chi connectivity index (χ3v) is 4.07. The van der Waals surface area contributed by atoms with Crippen LogP contribution in [0.15, 0.2) is 71.5 Å². The van der Waals surface area contributed by atoms with Crippen molar-refractivity contribution >= 4 is 38.9 Å². The zero-order valence-electron chi connectivity index (χ0n) is 13.7. The van der Waals surface area contributed by atoms with Gasteiger partial charge in [0.25, 0.3) is 0 Å². The van der Waals surface area contributed by atoms with Gasteiger partial charge in [-0.15, -0.1) is 0 Å². The van der Waals surface area contributed by atoms with Gasteiger partial charge in [0.2, 0.25) is 0 Å². The number of fused-ring (bicyclic) bond motifs is 6. The minimum absolute atomic E-state index is 0.736. The molecule has 0 saturated carbocycles. The molecule has 2 aromatic carbocycles. The molecule has 0 saturated heterocycles. The number of pyridine rings is 1. The first-order valence-corrected chi connectivity index (χ1v) is 7.91. The van der Waals surface area contributed by atoms with Crippen molar-refractivity contribution in [1.82, 2.24) is 9.38 Å². The summed E-state index contributed by atoms with van der Waals surface area (Å²) in [4.78, 5) is 9.34. The lowest BCUT2D eigenvalue weighted by molar-refractivity contribution is 1.23. The van der Waals surface area contributed by atoms with Crippen LogP contribution in [0.25, 0.3) is 27.3 Å². The van der Waals surface area contributed by atoms with Crippen molar-refractivity contribution < 1.29 is 0 Å². The second kappa shape index (κ2) is 5.49. The number of rotatable bonds is 2. The topological polar surface area (TPSA) is 55.7 Å². The first-order valence-electron chi connectivity index (χ1n) is 7.91. The first-order chi connectivity index (χ1) is 11.6. The van der Waals surface area contributed by atoms with Gasteiger partial charge in [0.15, 0.2) is 5.82 Å². The first kappa shape index (κ1) is 14.5. The molecular formula is C20H18N4. The molecule has 2 aromatic heterocycles. The Bertz CT molecular complexity index is 1130. The number of nitrogens with two attached hydrogens (primary N) is 1. The van der Waals surface area contributed by atoms with Crippen molar-refractivity contribution in [3.63, 3.8) is 0 Å². The lowest BCUT2D eigenvalue weighted by atomic mass is 10.1. The minimum atomic E-state index is 0.736. The van der Waals surface area contributed by atoms with Crippen LogP contribution in [0, 0.1) is 0 Å². The number of aromatic nitrogens is 2. The average Bonchev–Trinajstić information content (AvgIpc) is 2.98. The fourth-order valence-corrected chi connectivity index (χ4v) is 3.20. The number of nitrogens with zero attached hydrogens (tertiary/aromatic N) is 3. The van der Waals surface area contributed by atoms with E-state index in [2.05, 4.69) is 45.8 Å². The maximum atomic E-state index is 5.76. The summed E-state index contributed by atoms with van der Waals surface area (Å²) in [5.74, 6) is 0.807. The maximum Gasteiger partial charge on any atom is 0.157 e. The van der Waals surface area contributed by atoms with Gasteiger partial charge in [0.05, 0.1) is 11.7 Å². The van der Waals surface area contributed by atoms with Crippen molar-refractivity contribution in [2.45, 2.75) is 13.8 Å². The lowest BCUT2D eigenvalue weighted by Gasteiger charge is -2.09. The highest BCUT2D eigenvalue weighted by Crippen LogP contribution is 2.31. The van der Waals surface area contributed by atoms with E-state index < -0.39 is 0 Å². The summed E-state index contributed by atoms with van der Waals surface area (Å²) < 4.78 is 2.11. The van der Waals surface area contributed by atoms with Crippen LogP contribution in [0.3, 0.4) is 0 Å². The fourth-order valence-electron chi connectivity index (χ4n) is 3.20. The predicted octanol–water partition coefficient (Wildman–Crippen LogP) is 4.60. The van der Waals surface area contributed by atoms with Crippen molar-refractivity contribution in [2.24, 2.45) is 10.7 Å². The van der Waals surface area contributed by atoms with Crippen LogP contribution >= 0.6 is 0 Å². The molecule has 0 fully saturated rings. The summed E-state index contributed by atoms with van der Waals surface area (Å²) in [6, 6.07) is 16.7. The van der Waals surface area contributed by atoms with Crippen LogP contribution < -0.4 is 5.73 Å². The lowest BCUT2D eigenvalue weighted by Crippen LogP contribution is -1.96. The summed E-state index contributed by atoms with van der Waals surface area (Å²) in [7, 11) is 0. The molecule has 0 bridgehead atoms. The molecule has 118 valence electrons. The molecular weight excluding hydrogens is 296 g/mol. The van der Waals surface area contributed by atoms with E-state index in [1.807, 2.05) is 38.3 Å². The van der Waals surface area contributed by atoms with Crippen LogP contribution in [-0.4, -0.2) is 15.1 Å². The molecule has 0 aliphatic rings. The van der Waals surface area contributed by atoms with E-state index in [1.54, 1.807) is 0 Å². The maximum absolute atomic E-state index is 5.76. The van der Waals surface area contributed by atoms with Gasteiger partial charge in [-0.1, -0.05) is 42.5 Å². The number of aliphatic imine (C=N–C) groups is 1. The second-order valence-corrected chi connectivity index (χ2v) is 5.98. The average molecular weight is 314 g/mol. The number of imidazole rings is 1. The summed E-state index contributed by atoms with van der Waals surface area (Å²) in [6.07, 6.45) is 3.68. The molecule has 0 aliphatic carbocycles. The summed E-state index contributed by atoms with van der Waals surface area (Å²) in [5, 5.41) is 3.52. The van der Waals surface area contributed by atoms with Crippen molar-refractivity contribution in [1.29, 1.82) is 0 Å². The summed E-state index contributed by atoms with van der Waals surface area (Å²) in [5.41, 5.74) is 9.37. The standard InChI is InChI=1S/C20H18N4/c1-13(21)11-14(2)23-19-12-22-20-17-9-4-3-7-15(17)16-8-5-6-10-18(16)24(19)20/h3-12H,21H2,1-2H3. The highest BCUT2D eigenvalue weighted by atomic mass is 15.1. The van der Waals surface area contributed by atoms with Gasteiger partial charge < -0.3 is 5.73 Å². The monoisotopic (exact) mass is 314 g/mol. The van der Waals surface area contributed by atoms with Crippen LogP contribution in [0.1, 0.15) is 13.8 Å². The van der Waals surface area contributed by atoms with E-state index >= 15 is 0 Å². The fraction of sp³-hybridized carbons (Fsp3) is 0.100. The van der Waals surface area contributed by atoms with E-state index in [0.717, 1.165) is 33.8 Å². The smallest absolute Gasteiger partial charge is 0.157 e. The Kier molecular flexibility index (Phi) is 3.31. The SMILES string of the molecule is CC(N)=CC(C)=Nc1cnc2c3ccccc3c3ccccc3n12. The molecule has 0 spiro atoms. The molecule has 0 amide bonds. The Morgan fingerprint density at radius 1 is 1.00 bits per heavy atom. The Morgan fingerprint density at radius 3 is 2.42 bits per heavy atom. The molecule has 4 nitrogen and oxygen atoms in total. The molecule has 0 unspecified atom stereocenters. The molecule has 0 aliphatic heterocycles. The molecule has 0 radical (unpaired) electrons. The Balaban J connectivity index is 2.15. The van der Waals surface area contributed by atoms with Gasteiger partial charge in [0, 0.05) is 22.2 Å². The van der Waals surface area contributed by atoms with E-state index in [9.17, 15) is 0 Å². The number of hydrogen-bond donors (Lipinski definition) is 1. The number of para-hydroxylation sites is 1. The van der Waals surface area contributed by atoms with E-state index in [-0.39, 0.29) is 0 Å². The van der Waals surface area contributed by atoms with Crippen molar-refractivity contribution in [2.75, 3.05) is 0 Å². The zero-order chi connectivity index (χ0) is 16.7. The Hall–Kier alpha value is -3.14. The summed E-state index contributed by atoms with van der Waals surface area (Å²) in [6.45, 7) is 3.80. The quantitative estimate of drug-likeness (QED) is 0.434. The Morgan fingerprint density at radius 2 is 1.67 bits per heavy atom. The minimum Gasteiger partial charge on any atom is -0.402 e. The Labute approximate surface area is 140 Å². The molecule has 2 heterocycles. The largest absolute Gasteiger partial charge is 0.402 e. The van der Waals surface area contributed by atoms with Gasteiger partial charge >= 0.3 is 0 Å². The van der Waals surface area contributed by atoms with Gasteiger partial charge in [-0.05, 0) is 31.4 Å². The van der Waals surface area contributed by atoms with Crippen molar-refractivity contribution in [3.05, 3.63) is 66.5 Å². The van der Waals surface area contributed by atoms with Gasteiger partial charge in [-0.2, -0.15) is 0 Å². The molecule has 4 heteroatoms. The van der Waals surface area contributed by atoms with Crippen LogP contribution in [0.2, 0.25) is 0 Å². The molecule has 4 aromatic rings. The van der Waals surface area contributed by atoms with Crippen molar-refractivity contribution in [3.8, 4) is 0 Å². The van der Waals surface area contributed by atoms with Gasteiger partial charge in [0.1, 0.15) is 5.65 Å². The number of hydrogen-bond acceptors (Lipinski definition) is 3. The number of allylic oxidation sites excluding steroid dienone is 2. The highest BCUT2D eigenvalue weighted by molar-refractivity contribution is 6.12. The third-order valence-electron chi connectivity index (χ3n) is 4.07. The van der Waals surface area contributed by atoms with E-state index in [1.165, 1.54) is 10.8 Å². The van der Waals surface area contributed by atoms with Crippen LogP contribution in [0.5, 0.6) is 0 Å². The zero-order valence-corrected chi connectivity index (χ0v) is 13.7. The highest BCUT2D eigenvalue weighted by Gasteiger charge is 2.12. The van der Waals surface area contributed by atoms with Gasteiger partial charge in [-0.3, -0.25) is 4.40 Å². The number of benzene rings is 2. The van der Waals surface area contributed by atoms with Crippen LogP contribution in [0.4, 0.5) is 5.82 Å². The molecule has 2 N–H and O–H groups in total. The molecule has 24 heavy (non-hydrogen) atoms. The molecule has 0 atom stereocenters. The predicted molar refractivity (Wildman–Crippen MR) is 101 cm³/mol. The summed E-state index contributed by atoms with van der Waals surface area (Å²) >= 11 is 0. The second-order valence-electron chi connectivity index (χ2n) is 5.98. The van der Waals surface area contributed by atoms with Gasteiger partial charge in [-0.25, -0.2) is 9.98 Å². The normalized spacial score (nSPS) is 13.2. The van der Waals surface area contributed by atoms with E-state index in [0.29, 0.717) is 0 Å². The van der Waals surface area contributed by atoms with Crippen LogP contribution in [-0.2, 0) is 0 Å².